The quantitative estimate of drug-likeness (QED) is 0.522. The molecule has 8 heteroatoms. The number of anilines is 2. The number of hydrogen-bond acceptors (Lipinski definition) is 5. The van der Waals surface area contributed by atoms with Gasteiger partial charge in [-0.1, -0.05) is 23.2 Å². The Balaban J connectivity index is 1.79. The lowest BCUT2D eigenvalue weighted by atomic mass is 10.2. The van der Waals surface area contributed by atoms with Gasteiger partial charge < -0.3 is 10.0 Å². The molecule has 0 fully saturated rings. The molecule has 142 valence electrons. The van der Waals surface area contributed by atoms with Crippen LogP contribution in [0.4, 0.5) is 11.4 Å². The molecule has 0 amide bonds. The van der Waals surface area contributed by atoms with Crippen LogP contribution in [-0.2, 0) is 7.05 Å². The predicted octanol–water partition coefficient (Wildman–Crippen LogP) is 4.47. The Kier molecular flexibility index (Phi) is 5.17. The number of fused-ring (bicyclic) bond motifs is 1. The van der Waals surface area contributed by atoms with E-state index < -0.39 is 0 Å². The summed E-state index contributed by atoms with van der Waals surface area (Å²) < 4.78 is 1.73. The summed E-state index contributed by atoms with van der Waals surface area (Å²) in [6.45, 7) is 0.363. The first-order valence-electron chi connectivity index (χ1n) is 8.64. The number of aliphatic hydroxyl groups excluding tert-OH is 1. The molecule has 0 saturated heterocycles. The van der Waals surface area contributed by atoms with Gasteiger partial charge in [0.15, 0.2) is 0 Å². The van der Waals surface area contributed by atoms with Gasteiger partial charge in [-0.15, -0.1) is 0 Å². The summed E-state index contributed by atoms with van der Waals surface area (Å²) in [7, 11) is 1.86. The lowest BCUT2D eigenvalue weighted by Crippen LogP contribution is -2.21. The number of aryl methyl sites for hydroxylation is 1. The van der Waals surface area contributed by atoms with Gasteiger partial charge in [-0.25, -0.2) is 4.98 Å². The number of halogens is 2. The van der Waals surface area contributed by atoms with Crippen LogP contribution in [0.1, 0.15) is 0 Å². The van der Waals surface area contributed by atoms with Crippen LogP contribution in [-0.4, -0.2) is 38.0 Å². The summed E-state index contributed by atoms with van der Waals surface area (Å²) in [5, 5.41) is 14.8. The predicted molar refractivity (Wildman–Crippen MR) is 112 cm³/mol. The molecular formula is C20H17Cl2N5O. The third kappa shape index (κ3) is 3.80. The minimum atomic E-state index is -0.0242. The van der Waals surface area contributed by atoms with E-state index in [2.05, 4.69) is 10.1 Å². The number of aliphatic hydroxyl groups is 1. The van der Waals surface area contributed by atoms with Crippen LogP contribution in [0.5, 0.6) is 0 Å². The Bertz CT molecular complexity index is 1120. The second-order valence-electron chi connectivity index (χ2n) is 6.33. The molecule has 0 aliphatic heterocycles. The van der Waals surface area contributed by atoms with E-state index in [1.807, 2.05) is 48.5 Å². The van der Waals surface area contributed by atoms with E-state index in [0.29, 0.717) is 16.6 Å². The molecule has 6 nitrogen and oxygen atoms in total. The van der Waals surface area contributed by atoms with Crippen LogP contribution in [0.25, 0.3) is 22.3 Å². The molecule has 4 aromatic rings. The zero-order valence-corrected chi connectivity index (χ0v) is 16.6. The van der Waals surface area contributed by atoms with Gasteiger partial charge in [-0.2, -0.15) is 5.10 Å². The van der Waals surface area contributed by atoms with E-state index in [1.165, 1.54) is 0 Å². The van der Waals surface area contributed by atoms with Crippen LogP contribution in [0, 0.1) is 0 Å². The van der Waals surface area contributed by atoms with Crippen molar-refractivity contribution >= 4 is 45.6 Å². The van der Waals surface area contributed by atoms with Crippen molar-refractivity contribution in [3.05, 3.63) is 65.0 Å². The van der Waals surface area contributed by atoms with Crippen LogP contribution in [0.15, 0.2) is 55.0 Å². The van der Waals surface area contributed by atoms with Crippen molar-refractivity contribution < 1.29 is 5.11 Å². The molecule has 0 radical (unpaired) electrons. The van der Waals surface area contributed by atoms with Crippen molar-refractivity contribution in [3.8, 4) is 11.3 Å². The van der Waals surface area contributed by atoms with Crippen molar-refractivity contribution in [1.29, 1.82) is 0 Å². The fraction of sp³-hybridized carbons (Fsp3) is 0.150. The van der Waals surface area contributed by atoms with Gasteiger partial charge in [0.05, 0.1) is 35.7 Å². The standard InChI is InChI=1S/C20H17Cl2N5O/c1-26-12-13(10-24-26)20-11-23-18-3-2-16(9-19(18)25-20)27(4-5-28)17-7-14(21)6-15(22)8-17/h2-3,6-12,28H,4-5H2,1H3. The molecule has 0 aliphatic carbocycles. The van der Waals surface area contributed by atoms with Gasteiger partial charge in [0.25, 0.3) is 0 Å². The number of hydrogen-bond donors (Lipinski definition) is 1. The van der Waals surface area contributed by atoms with Crippen molar-refractivity contribution in [2.24, 2.45) is 7.05 Å². The average Bonchev–Trinajstić information content (AvgIpc) is 3.11. The maximum Gasteiger partial charge on any atom is 0.0924 e. The number of benzene rings is 2. The normalized spacial score (nSPS) is 11.1. The molecular weight excluding hydrogens is 397 g/mol. The number of nitrogens with zero attached hydrogens (tertiary/aromatic N) is 5. The van der Waals surface area contributed by atoms with E-state index in [-0.39, 0.29) is 6.61 Å². The SMILES string of the molecule is Cn1cc(-c2cnc3ccc(N(CCO)c4cc(Cl)cc(Cl)c4)cc3n2)cn1. The van der Waals surface area contributed by atoms with Crippen LogP contribution in [0.2, 0.25) is 10.0 Å². The van der Waals surface area contributed by atoms with E-state index >= 15 is 0 Å². The highest BCUT2D eigenvalue weighted by Crippen LogP contribution is 2.32. The maximum atomic E-state index is 9.56. The first-order chi connectivity index (χ1) is 13.5. The second kappa shape index (κ2) is 7.75. The molecule has 28 heavy (non-hydrogen) atoms. The van der Waals surface area contributed by atoms with Gasteiger partial charge in [-0.05, 0) is 36.4 Å². The summed E-state index contributed by atoms with van der Waals surface area (Å²) in [4.78, 5) is 11.2. The summed E-state index contributed by atoms with van der Waals surface area (Å²) in [6, 6.07) is 11.1. The Morgan fingerprint density at radius 1 is 1.00 bits per heavy atom. The van der Waals surface area contributed by atoms with Gasteiger partial charge in [0.2, 0.25) is 0 Å². The molecule has 0 aliphatic rings. The Hall–Kier alpha value is -2.67. The second-order valence-corrected chi connectivity index (χ2v) is 7.21. The van der Waals surface area contributed by atoms with Crippen LogP contribution < -0.4 is 4.90 Å². The first-order valence-corrected chi connectivity index (χ1v) is 9.39. The van der Waals surface area contributed by atoms with E-state index in [4.69, 9.17) is 28.2 Å². The molecule has 0 spiro atoms. The minimum Gasteiger partial charge on any atom is -0.395 e. The third-order valence-electron chi connectivity index (χ3n) is 4.32. The highest BCUT2D eigenvalue weighted by atomic mass is 35.5. The zero-order chi connectivity index (χ0) is 19.7. The fourth-order valence-corrected chi connectivity index (χ4v) is 3.58. The fourth-order valence-electron chi connectivity index (χ4n) is 3.06. The molecule has 0 unspecified atom stereocenters. The van der Waals surface area contributed by atoms with E-state index in [9.17, 15) is 5.11 Å². The smallest absolute Gasteiger partial charge is 0.0924 e. The lowest BCUT2D eigenvalue weighted by Gasteiger charge is -2.25. The largest absolute Gasteiger partial charge is 0.395 e. The molecule has 0 saturated carbocycles. The monoisotopic (exact) mass is 413 g/mol. The summed E-state index contributed by atoms with van der Waals surface area (Å²) in [5.41, 5.74) is 4.83. The van der Waals surface area contributed by atoms with Crippen molar-refractivity contribution in [1.82, 2.24) is 19.7 Å². The topological polar surface area (TPSA) is 67.1 Å². The average molecular weight is 414 g/mol. The van der Waals surface area contributed by atoms with Gasteiger partial charge in [0, 0.05) is 46.8 Å². The van der Waals surface area contributed by atoms with E-state index in [0.717, 1.165) is 33.7 Å². The van der Waals surface area contributed by atoms with Gasteiger partial charge in [-0.3, -0.25) is 9.67 Å². The number of rotatable bonds is 5. The minimum absolute atomic E-state index is 0.0242. The molecule has 2 heterocycles. The number of aromatic nitrogens is 4. The van der Waals surface area contributed by atoms with Gasteiger partial charge in [0.1, 0.15) is 0 Å². The molecule has 4 rings (SSSR count). The highest BCUT2D eigenvalue weighted by Gasteiger charge is 2.13. The Morgan fingerprint density at radius 3 is 2.46 bits per heavy atom. The molecule has 2 aromatic heterocycles. The Labute approximate surface area is 172 Å². The lowest BCUT2D eigenvalue weighted by molar-refractivity contribution is 0.305. The van der Waals surface area contributed by atoms with Crippen molar-refractivity contribution in [2.75, 3.05) is 18.1 Å². The molecule has 1 N–H and O–H groups in total. The Morgan fingerprint density at radius 2 is 1.79 bits per heavy atom. The zero-order valence-electron chi connectivity index (χ0n) is 15.0. The van der Waals surface area contributed by atoms with Crippen molar-refractivity contribution in [3.63, 3.8) is 0 Å². The van der Waals surface area contributed by atoms with E-state index in [1.54, 1.807) is 23.1 Å². The molecule has 2 aromatic carbocycles. The molecule has 0 bridgehead atoms. The van der Waals surface area contributed by atoms with Crippen molar-refractivity contribution in [2.45, 2.75) is 0 Å². The highest BCUT2D eigenvalue weighted by molar-refractivity contribution is 6.35. The first kappa shape index (κ1) is 18.7. The maximum absolute atomic E-state index is 9.56. The third-order valence-corrected chi connectivity index (χ3v) is 4.76. The van der Waals surface area contributed by atoms with Crippen LogP contribution in [0.3, 0.4) is 0 Å². The summed E-state index contributed by atoms with van der Waals surface area (Å²) in [6.07, 6.45) is 5.39. The summed E-state index contributed by atoms with van der Waals surface area (Å²) in [5.74, 6) is 0. The molecule has 0 atom stereocenters. The summed E-state index contributed by atoms with van der Waals surface area (Å²) >= 11 is 12.3. The van der Waals surface area contributed by atoms with Gasteiger partial charge >= 0.3 is 0 Å². The van der Waals surface area contributed by atoms with Crippen LogP contribution >= 0.6 is 23.2 Å².